The number of carbonyl (C=O) groups is 1. The second-order valence-corrected chi connectivity index (χ2v) is 8.26. The van der Waals surface area contributed by atoms with Gasteiger partial charge in [0.25, 0.3) is 0 Å². The summed E-state index contributed by atoms with van der Waals surface area (Å²) in [6.07, 6.45) is 7.24. The van der Waals surface area contributed by atoms with Crippen LogP contribution in [0.4, 0.5) is 0 Å². The fraction of sp³-hybridized carbons (Fsp3) is 0.941. The molecule has 3 fully saturated rings. The number of fused-ring (bicyclic) bond motifs is 2. The zero-order chi connectivity index (χ0) is 13.1. The van der Waals surface area contributed by atoms with Gasteiger partial charge in [0, 0.05) is 12.8 Å². The van der Waals surface area contributed by atoms with E-state index in [2.05, 4.69) is 27.7 Å². The Morgan fingerprint density at radius 3 is 2.33 bits per heavy atom. The van der Waals surface area contributed by atoms with E-state index in [4.69, 9.17) is 0 Å². The van der Waals surface area contributed by atoms with Crippen LogP contribution in [0.3, 0.4) is 0 Å². The van der Waals surface area contributed by atoms with E-state index in [1.54, 1.807) is 0 Å². The van der Waals surface area contributed by atoms with E-state index in [9.17, 15) is 4.79 Å². The molecule has 0 aromatic rings. The third-order valence-corrected chi connectivity index (χ3v) is 7.20. The molecule has 0 aromatic heterocycles. The van der Waals surface area contributed by atoms with Gasteiger partial charge in [0.1, 0.15) is 5.78 Å². The summed E-state index contributed by atoms with van der Waals surface area (Å²) in [6, 6.07) is 0. The predicted octanol–water partition coefficient (Wildman–Crippen LogP) is 4.45. The van der Waals surface area contributed by atoms with Crippen molar-refractivity contribution < 1.29 is 4.79 Å². The highest BCUT2D eigenvalue weighted by Crippen LogP contribution is 2.70. The number of hydrogen-bond acceptors (Lipinski definition) is 1. The van der Waals surface area contributed by atoms with E-state index >= 15 is 0 Å². The standard InChI is InChI=1S/C17H28O/c1-11-7-12(9-14(18)8-11)15-10-13-5-6-17(15,4)16(13,2)3/h11-13,15H,5-10H2,1-4H3/t11?,12?,13-,15+,17+/m0/s1. The average Bonchev–Trinajstić information content (AvgIpc) is 2.59. The van der Waals surface area contributed by atoms with Crippen molar-refractivity contribution in [1.82, 2.24) is 0 Å². The second-order valence-electron chi connectivity index (χ2n) is 8.26. The first-order valence-corrected chi connectivity index (χ1v) is 7.86. The summed E-state index contributed by atoms with van der Waals surface area (Å²) in [4.78, 5) is 11.9. The quantitative estimate of drug-likeness (QED) is 0.670. The summed E-state index contributed by atoms with van der Waals surface area (Å²) in [6.45, 7) is 9.76. The molecule has 0 amide bonds. The monoisotopic (exact) mass is 248 g/mol. The van der Waals surface area contributed by atoms with E-state index in [0.717, 1.165) is 24.7 Å². The topological polar surface area (TPSA) is 17.1 Å². The molecule has 2 unspecified atom stereocenters. The summed E-state index contributed by atoms with van der Waals surface area (Å²) < 4.78 is 0. The summed E-state index contributed by atoms with van der Waals surface area (Å²) in [7, 11) is 0. The van der Waals surface area contributed by atoms with E-state index in [0.29, 0.717) is 28.4 Å². The Morgan fingerprint density at radius 1 is 1.11 bits per heavy atom. The molecule has 0 radical (unpaired) electrons. The third kappa shape index (κ3) is 1.55. The smallest absolute Gasteiger partial charge is 0.133 e. The molecule has 3 aliphatic carbocycles. The fourth-order valence-corrected chi connectivity index (χ4v) is 5.73. The maximum atomic E-state index is 11.9. The lowest BCUT2D eigenvalue weighted by atomic mass is 9.60. The van der Waals surface area contributed by atoms with Crippen molar-refractivity contribution in [3.8, 4) is 0 Å². The number of rotatable bonds is 1. The summed E-state index contributed by atoms with van der Waals surface area (Å²) in [5.41, 5.74) is 1.00. The minimum Gasteiger partial charge on any atom is -0.300 e. The highest BCUT2D eigenvalue weighted by molar-refractivity contribution is 5.79. The molecule has 0 N–H and O–H groups in total. The molecule has 0 spiro atoms. The Labute approximate surface area is 112 Å². The van der Waals surface area contributed by atoms with Crippen molar-refractivity contribution in [2.45, 2.75) is 66.2 Å². The second kappa shape index (κ2) is 3.84. The highest BCUT2D eigenvalue weighted by Gasteiger charge is 2.62. The molecule has 0 aliphatic heterocycles. The van der Waals surface area contributed by atoms with Gasteiger partial charge in [-0.15, -0.1) is 0 Å². The summed E-state index contributed by atoms with van der Waals surface area (Å²) >= 11 is 0. The van der Waals surface area contributed by atoms with Crippen LogP contribution in [0, 0.1) is 34.5 Å². The molecular formula is C17H28O. The van der Waals surface area contributed by atoms with Crippen molar-refractivity contribution in [2.75, 3.05) is 0 Å². The number of carbonyl (C=O) groups excluding carboxylic acids is 1. The van der Waals surface area contributed by atoms with Crippen LogP contribution < -0.4 is 0 Å². The van der Waals surface area contributed by atoms with Crippen molar-refractivity contribution in [2.24, 2.45) is 34.5 Å². The molecule has 5 atom stereocenters. The molecule has 0 aromatic carbocycles. The highest BCUT2D eigenvalue weighted by atomic mass is 16.1. The molecule has 3 rings (SSSR count). The molecule has 0 heterocycles. The van der Waals surface area contributed by atoms with Gasteiger partial charge in [-0.1, -0.05) is 27.7 Å². The number of hydrogen-bond donors (Lipinski definition) is 0. The Bertz CT molecular complexity index is 370. The molecule has 102 valence electrons. The Morgan fingerprint density at radius 2 is 1.83 bits per heavy atom. The number of Topliss-reactive ketones (excluding diaryl/α,β-unsaturated/α-hetero) is 1. The minimum absolute atomic E-state index is 0.500. The fourth-order valence-electron chi connectivity index (χ4n) is 5.73. The normalized spacial score (nSPS) is 50.8. The van der Waals surface area contributed by atoms with E-state index in [1.165, 1.54) is 25.7 Å². The third-order valence-electron chi connectivity index (χ3n) is 7.20. The first-order chi connectivity index (χ1) is 8.34. The summed E-state index contributed by atoms with van der Waals surface area (Å²) in [5, 5.41) is 0. The lowest BCUT2D eigenvalue weighted by molar-refractivity contribution is -0.124. The van der Waals surface area contributed by atoms with Crippen LogP contribution >= 0.6 is 0 Å². The van der Waals surface area contributed by atoms with Crippen LogP contribution in [-0.2, 0) is 4.79 Å². The Hall–Kier alpha value is -0.330. The number of ketones is 1. The SMILES string of the molecule is CC1CC(=O)CC([C@H]2C[C@@H]3CC[C@@]2(C)C3(C)C)C1. The van der Waals surface area contributed by atoms with Gasteiger partial charge < -0.3 is 0 Å². The zero-order valence-electron chi connectivity index (χ0n) is 12.5. The van der Waals surface area contributed by atoms with Crippen molar-refractivity contribution in [1.29, 1.82) is 0 Å². The van der Waals surface area contributed by atoms with Crippen molar-refractivity contribution in [3.63, 3.8) is 0 Å². The van der Waals surface area contributed by atoms with Gasteiger partial charge in [-0.2, -0.15) is 0 Å². The lowest BCUT2D eigenvalue weighted by Crippen LogP contribution is -2.38. The van der Waals surface area contributed by atoms with Gasteiger partial charge in [0.15, 0.2) is 0 Å². The maximum Gasteiger partial charge on any atom is 0.133 e. The zero-order valence-corrected chi connectivity index (χ0v) is 12.5. The van der Waals surface area contributed by atoms with E-state index in [-0.39, 0.29) is 0 Å². The molecule has 0 saturated heterocycles. The van der Waals surface area contributed by atoms with Gasteiger partial charge in [0.2, 0.25) is 0 Å². The van der Waals surface area contributed by atoms with E-state index in [1.807, 2.05) is 0 Å². The molecule has 2 bridgehead atoms. The van der Waals surface area contributed by atoms with Crippen LogP contribution in [0.15, 0.2) is 0 Å². The molecular weight excluding hydrogens is 220 g/mol. The van der Waals surface area contributed by atoms with Gasteiger partial charge in [0.05, 0.1) is 0 Å². The van der Waals surface area contributed by atoms with Gasteiger partial charge in [-0.05, 0) is 60.2 Å². The maximum absolute atomic E-state index is 11.9. The largest absolute Gasteiger partial charge is 0.300 e. The molecule has 3 aliphatic rings. The van der Waals surface area contributed by atoms with Crippen molar-refractivity contribution >= 4 is 5.78 Å². The minimum atomic E-state index is 0.500. The molecule has 18 heavy (non-hydrogen) atoms. The van der Waals surface area contributed by atoms with Crippen LogP contribution in [0.5, 0.6) is 0 Å². The van der Waals surface area contributed by atoms with Gasteiger partial charge in [-0.3, -0.25) is 4.79 Å². The van der Waals surface area contributed by atoms with Crippen LogP contribution in [0.2, 0.25) is 0 Å². The van der Waals surface area contributed by atoms with Crippen LogP contribution in [0.1, 0.15) is 66.2 Å². The molecule has 1 heteroatoms. The first-order valence-electron chi connectivity index (χ1n) is 7.86. The van der Waals surface area contributed by atoms with Crippen LogP contribution in [0.25, 0.3) is 0 Å². The predicted molar refractivity (Wildman–Crippen MR) is 74.2 cm³/mol. The Balaban J connectivity index is 1.84. The average molecular weight is 248 g/mol. The lowest BCUT2D eigenvalue weighted by Gasteiger charge is -2.44. The summed E-state index contributed by atoms with van der Waals surface area (Å²) in [5.74, 6) is 3.58. The van der Waals surface area contributed by atoms with E-state index < -0.39 is 0 Å². The van der Waals surface area contributed by atoms with Crippen LogP contribution in [-0.4, -0.2) is 5.78 Å². The molecule has 1 nitrogen and oxygen atoms in total. The first kappa shape index (κ1) is 12.7. The van der Waals surface area contributed by atoms with Crippen molar-refractivity contribution in [3.05, 3.63) is 0 Å². The van der Waals surface area contributed by atoms with Gasteiger partial charge >= 0.3 is 0 Å². The van der Waals surface area contributed by atoms with Gasteiger partial charge in [-0.25, -0.2) is 0 Å². The Kier molecular flexibility index (Phi) is 2.70. The molecule has 3 saturated carbocycles.